The highest BCUT2D eigenvalue weighted by molar-refractivity contribution is 7.99. The van der Waals surface area contributed by atoms with Gasteiger partial charge in [0.25, 0.3) is 0 Å². The van der Waals surface area contributed by atoms with Gasteiger partial charge in [-0.3, -0.25) is 0 Å². The minimum Gasteiger partial charge on any atom is -0.366 e. The molecule has 0 saturated carbocycles. The van der Waals surface area contributed by atoms with Crippen LogP contribution in [0.5, 0.6) is 0 Å². The van der Waals surface area contributed by atoms with E-state index in [0.29, 0.717) is 11.3 Å². The van der Waals surface area contributed by atoms with Gasteiger partial charge >= 0.3 is 0 Å². The molecule has 0 amide bonds. The number of hydrogen-bond donors (Lipinski definition) is 1. The van der Waals surface area contributed by atoms with E-state index in [1.807, 2.05) is 11.8 Å². The summed E-state index contributed by atoms with van der Waals surface area (Å²) < 4.78 is 0. The second-order valence-corrected chi connectivity index (χ2v) is 7.10. The molecule has 0 spiro atoms. The van der Waals surface area contributed by atoms with Crippen LogP contribution in [0.1, 0.15) is 25.6 Å². The van der Waals surface area contributed by atoms with E-state index in [2.05, 4.69) is 42.1 Å². The van der Waals surface area contributed by atoms with Gasteiger partial charge in [0.1, 0.15) is 10.6 Å². The Morgan fingerprint density at radius 2 is 2.21 bits per heavy atom. The SMILES string of the molecule is CCSCC(C)Nc1nc(Cl)nc2sc(CC)cc12. The third-order valence-corrected chi connectivity index (χ3v) is 5.21. The molecule has 3 nitrogen and oxygen atoms in total. The summed E-state index contributed by atoms with van der Waals surface area (Å²) in [6.07, 6.45) is 1.01. The predicted octanol–water partition coefficient (Wildman–Crippen LogP) is 4.46. The topological polar surface area (TPSA) is 37.8 Å². The maximum atomic E-state index is 6.00. The molecule has 0 aliphatic rings. The van der Waals surface area contributed by atoms with Gasteiger partial charge in [0, 0.05) is 16.7 Å². The van der Waals surface area contributed by atoms with E-state index in [4.69, 9.17) is 11.6 Å². The van der Waals surface area contributed by atoms with Gasteiger partial charge in [-0.05, 0) is 36.8 Å². The van der Waals surface area contributed by atoms with Crippen LogP contribution >= 0.6 is 34.7 Å². The number of halogens is 1. The zero-order valence-electron chi connectivity index (χ0n) is 11.4. The third kappa shape index (κ3) is 3.74. The van der Waals surface area contributed by atoms with Crippen molar-refractivity contribution in [2.24, 2.45) is 0 Å². The Bertz CT molecular complexity index is 556. The van der Waals surface area contributed by atoms with Gasteiger partial charge in [0.15, 0.2) is 0 Å². The number of aryl methyl sites for hydroxylation is 1. The predicted molar refractivity (Wildman–Crippen MR) is 87.9 cm³/mol. The van der Waals surface area contributed by atoms with Crippen molar-refractivity contribution < 1.29 is 0 Å². The van der Waals surface area contributed by atoms with E-state index in [1.54, 1.807) is 11.3 Å². The number of nitrogens with zero attached hydrogens (tertiary/aromatic N) is 2. The van der Waals surface area contributed by atoms with Crippen molar-refractivity contribution in [1.82, 2.24) is 9.97 Å². The second kappa shape index (κ2) is 6.77. The zero-order chi connectivity index (χ0) is 13.8. The quantitative estimate of drug-likeness (QED) is 0.799. The summed E-state index contributed by atoms with van der Waals surface area (Å²) in [6.45, 7) is 6.48. The Kier molecular flexibility index (Phi) is 5.30. The van der Waals surface area contributed by atoms with Gasteiger partial charge in [0.2, 0.25) is 5.28 Å². The minimum atomic E-state index is 0.315. The Morgan fingerprint density at radius 1 is 1.42 bits per heavy atom. The first kappa shape index (κ1) is 14.9. The van der Waals surface area contributed by atoms with Gasteiger partial charge in [-0.15, -0.1) is 11.3 Å². The van der Waals surface area contributed by atoms with E-state index in [0.717, 1.165) is 34.0 Å². The van der Waals surface area contributed by atoms with E-state index >= 15 is 0 Å². The number of thioether (sulfide) groups is 1. The number of aromatic nitrogens is 2. The van der Waals surface area contributed by atoms with Crippen LogP contribution in [-0.4, -0.2) is 27.5 Å². The number of thiophene rings is 1. The molecule has 19 heavy (non-hydrogen) atoms. The van der Waals surface area contributed by atoms with Crippen molar-refractivity contribution in [3.8, 4) is 0 Å². The highest BCUT2D eigenvalue weighted by atomic mass is 35.5. The first-order valence-electron chi connectivity index (χ1n) is 6.44. The number of rotatable bonds is 6. The van der Waals surface area contributed by atoms with Gasteiger partial charge in [-0.25, -0.2) is 9.97 Å². The lowest BCUT2D eigenvalue weighted by molar-refractivity contribution is 0.903. The standard InChI is InChI=1S/C13H18ClN3S2/c1-4-9-6-10-11(15-8(3)7-18-5-2)16-13(14)17-12(10)19-9/h6,8H,4-5,7H2,1-3H3,(H,15,16,17). The van der Waals surface area contributed by atoms with Crippen LogP contribution in [-0.2, 0) is 6.42 Å². The lowest BCUT2D eigenvalue weighted by atomic mass is 10.3. The van der Waals surface area contributed by atoms with E-state index < -0.39 is 0 Å². The van der Waals surface area contributed by atoms with E-state index in [-0.39, 0.29) is 0 Å². The number of hydrogen-bond acceptors (Lipinski definition) is 5. The Hall–Kier alpha value is -0.520. The maximum Gasteiger partial charge on any atom is 0.225 e. The van der Waals surface area contributed by atoms with Crippen LogP contribution in [0.4, 0.5) is 5.82 Å². The molecule has 2 aromatic heterocycles. The first-order chi connectivity index (χ1) is 9.13. The molecule has 1 unspecified atom stereocenters. The highest BCUT2D eigenvalue weighted by Gasteiger charge is 2.12. The molecule has 2 aromatic rings. The number of nitrogens with one attached hydrogen (secondary N) is 1. The van der Waals surface area contributed by atoms with Crippen molar-refractivity contribution in [1.29, 1.82) is 0 Å². The molecule has 0 aliphatic carbocycles. The molecule has 104 valence electrons. The number of anilines is 1. The summed E-state index contributed by atoms with van der Waals surface area (Å²) in [4.78, 5) is 10.9. The van der Waals surface area contributed by atoms with Gasteiger partial charge < -0.3 is 5.32 Å². The van der Waals surface area contributed by atoms with Gasteiger partial charge in [-0.2, -0.15) is 11.8 Å². The van der Waals surface area contributed by atoms with Crippen molar-refractivity contribution in [2.45, 2.75) is 33.2 Å². The Balaban J connectivity index is 2.28. The largest absolute Gasteiger partial charge is 0.366 e. The van der Waals surface area contributed by atoms with Crippen LogP contribution in [0, 0.1) is 0 Å². The lowest BCUT2D eigenvalue weighted by Gasteiger charge is -2.14. The van der Waals surface area contributed by atoms with Crippen molar-refractivity contribution >= 4 is 50.7 Å². The maximum absolute atomic E-state index is 6.00. The molecule has 2 rings (SSSR count). The summed E-state index contributed by atoms with van der Waals surface area (Å²) in [7, 11) is 0. The van der Waals surface area contributed by atoms with Crippen molar-refractivity contribution in [3.63, 3.8) is 0 Å². The number of fused-ring (bicyclic) bond motifs is 1. The van der Waals surface area contributed by atoms with Crippen LogP contribution in [0.3, 0.4) is 0 Å². The second-order valence-electron chi connectivity index (χ2n) is 4.33. The average molecular weight is 316 g/mol. The van der Waals surface area contributed by atoms with Crippen LogP contribution in [0.25, 0.3) is 10.2 Å². The molecule has 0 bridgehead atoms. The molecule has 0 saturated heterocycles. The van der Waals surface area contributed by atoms with Gasteiger partial charge in [0.05, 0.1) is 5.39 Å². The van der Waals surface area contributed by atoms with Crippen molar-refractivity contribution in [2.75, 3.05) is 16.8 Å². The molecule has 1 atom stereocenters. The molecule has 2 heterocycles. The smallest absolute Gasteiger partial charge is 0.225 e. The summed E-state index contributed by atoms with van der Waals surface area (Å²) in [5, 5.41) is 4.85. The van der Waals surface area contributed by atoms with Crippen LogP contribution in [0.2, 0.25) is 5.28 Å². The molecule has 1 N–H and O–H groups in total. The fraction of sp³-hybridized carbons (Fsp3) is 0.538. The molecule has 0 aromatic carbocycles. The van der Waals surface area contributed by atoms with E-state index in [9.17, 15) is 0 Å². The molecular weight excluding hydrogens is 298 g/mol. The highest BCUT2D eigenvalue weighted by Crippen LogP contribution is 2.30. The Morgan fingerprint density at radius 3 is 2.89 bits per heavy atom. The summed E-state index contributed by atoms with van der Waals surface area (Å²) >= 11 is 9.61. The normalized spacial score (nSPS) is 12.8. The van der Waals surface area contributed by atoms with Gasteiger partial charge in [-0.1, -0.05) is 13.8 Å². The lowest BCUT2D eigenvalue weighted by Crippen LogP contribution is -2.19. The summed E-state index contributed by atoms with van der Waals surface area (Å²) in [5.74, 6) is 3.05. The van der Waals surface area contributed by atoms with Crippen LogP contribution < -0.4 is 5.32 Å². The molecule has 0 aliphatic heterocycles. The minimum absolute atomic E-state index is 0.315. The molecule has 0 radical (unpaired) electrons. The Labute approximate surface area is 127 Å². The third-order valence-electron chi connectivity index (χ3n) is 2.72. The fourth-order valence-electron chi connectivity index (χ4n) is 1.80. The van der Waals surface area contributed by atoms with Crippen molar-refractivity contribution in [3.05, 3.63) is 16.2 Å². The molecular formula is C13H18ClN3S2. The molecule has 6 heteroatoms. The monoisotopic (exact) mass is 315 g/mol. The zero-order valence-corrected chi connectivity index (χ0v) is 13.8. The fourth-order valence-corrected chi connectivity index (χ4v) is 3.66. The van der Waals surface area contributed by atoms with Crippen LogP contribution in [0.15, 0.2) is 6.07 Å². The summed E-state index contributed by atoms with van der Waals surface area (Å²) in [5.41, 5.74) is 0. The first-order valence-corrected chi connectivity index (χ1v) is 8.79. The average Bonchev–Trinajstić information content (AvgIpc) is 2.79. The molecule has 0 fully saturated rings. The summed E-state index contributed by atoms with van der Waals surface area (Å²) in [6, 6.07) is 2.53. The van der Waals surface area contributed by atoms with E-state index in [1.165, 1.54) is 4.88 Å².